The Balaban J connectivity index is 1.99. The SMILES string of the molecule is CCCCC(=O)OC(COCC)COc1c2ccc(C)cc2c(OCC(COCC)OC(=O)CCCC)c2ccc(C)cc12. The van der Waals surface area contributed by atoms with E-state index in [4.69, 9.17) is 28.4 Å². The van der Waals surface area contributed by atoms with Crippen LogP contribution in [-0.4, -0.2) is 63.8 Å². The average Bonchev–Trinajstić information content (AvgIpc) is 3.01. The quantitative estimate of drug-likeness (QED) is 0.0952. The number of benzene rings is 3. The zero-order valence-corrected chi connectivity index (χ0v) is 27.4. The highest BCUT2D eigenvalue weighted by Crippen LogP contribution is 2.43. The number of ether oxygens (including phenoxy) is 6. The highest BCUT2D eigenvalue weighted by molar-refractivity contribution is 6.11. The third-order valence-electron chi connectivity index (χ3n) is 7.24. The molecule has 8 nitrogen and oxygen atoms in total. The van der Waals surface area contributed by atoms with E-state index in [0.29, 0.717) is 37.6 Å². The molecule has 0 spiro atoms. The first-order valence-corrected chi connectivity index (χ1v) is 16.1. The van der Waals surface area contributed by atoms with E-state index in [0.717, 1.165) is 58.4 Å². The van der Waals surface area contributed by atoms with Gasteiger partial charge in [0.05, 0.1) is 13.2 Å². The van der Waals surface area contributed by atoms with Gasteiger partial charge in [0.2, 0.25) is 0 Å². The van der Waals surface area contributed by atoms with E-state index in [1.807, 2.05) is 65.8 Å². The molecule has 3 aromatic rings. The van der Waals surface area contributed by atoms with Gasteiger partial charge in [0.15, 0.2) is 12.2 Å². The summed E-state index contributed by atoms with van der Waals surface area (Å²) >= 11 is 0. The van der Waals surface area contributed by atoms with Crippen LogP contribution in [0.15, 0.2) is 36.4 Å². The summed E-state index contributed by atoms with van der Waals surface area (Å²) in [4.78, 5) is 24.9. The minimum absolute atomic E-state index is 0.147. The first-order valence-electron chi connectivity index (χ1n) is 16.1. The fourth-order valence-corrected chi connectivity index (χ4v) is 4.90. The minimum Gasteiger partial charge on any atom is -0.488 e. The van der Waals surface area contributed by atoms with E-state index in [2.05, 4.69) is 12.1 Å². The molecule has 0 aliphatic heterocycles. The Morgan fingerprint density at radius 1 is 0.591 bits per heavy atom. The van der Waals surface area contributed by atoms with Gasteiger partial charge in [-0.3, -0.25) is 9.59 Å². The first-order chi connectivity index (χ1) is 21.3. The van der Waals surface area contributed by atoms with Crippen molar-refractivity contribution in [1.82, 2.24) is 0 Å². The third kappa shape index (κ3) is 10.4. The Kier molecular flexibility index (Phi) is 14.7. The second-order valence-corrected chi connectivity index (χ2v) is 11.1. The number of hydrogen-bond acceptors (Lipinski definition) is 8. The molecule has 3 aromatic carbocycles. The van der Waals surface area contributed by atoms with Gasteiger partial charge in [-0.2, -0.15) is 0 Å². The van der Waals surface area contributed by atoms with Crippen LogP contribution in [0.2, 0.25) is 0 Å². The van der Waals surface area contributed by atoms with Gasteiger partial charge in [0.1, 0.15) is 24.7 Å². The number of carbonyl (C=O) groups excluding carboxylic acids is 2. The van der Waals surface area contributed by atoms with Crippen LogP contribution in [-0.2, 0) is 28.5 Å². The van der Waals surface area contributed by atoms with Crippen LogP contribution in [0.1, 0.15) is 77.3 Å². The lowest BCUT2D eigenvalue weighted by atomic mass is 9.97. The summed E-state index contributed by atoms with van der Waals surface area (Å²) in [6, 6.07) is 12.3. The number of fused-ring (bicyclic) bond motifs is 2. The second-order valence-electron chi connectivity index (χ2n) is 11.1. The normalized spacial score (nSPS) is 12.7. The van der Waals surface area contributed by atoms with Crippen LogP contribution in [0, 0.1) is 13.8 Å². The molecule has 242 valence electrons. The van der Waals surface area contributed by atoms with Crippen LogP contribution in [0.5, 0.6) is 11.5 Å². The van der Waals surface area contributed by atoms with Crippen LogP contribution >= 0.6 is 0 Å². The molecule has 0 bridgehead atoms. The van der Waals surface area contributed by atoms with Crippen LogP contribution in [0.3, 0.4) is 0 Å². The molecule has 0 aliphatic rings. The lowest BCUT2D eigenvalue weighted by molar-refractivity contribution is -0.155. The molecule has 3 rings (SSSR count). The van der Waals surface area contributed by atoms with Crippen molar-refractivity contribution < 1.29 is 38.0 Å². The topological polar surface area (TPSA) is 89.5 Å². The molecule has 0 aliphatic carbocycles. The summed E-state index contributed by atoms with van der Waals surface area (Å²) in [6.45, 7) is 13.8. The molecule has 0 radical (unpaired) electrons. The molecule has 44 heavy (non-hydrogen) atoms. The van der Waals surface area contributed by atoms with Crippen molar-refractivity contribution in [3.8, 4) is 11.5 Å². The molecule has 0 heterocycles. The Hall–Kier alpha value is -3.36. The van der Waals surface area contributed by atoms with Gasteiger partial charge in [-0.25, -0.2) is 0 Å². The third-order valence-corrected chi connectivity index (χ3v) is 7.24. The smallest absolute Gasteiger partial charge is 0.306 e. The maximum atomic E-state index is 12.5. The van der Waals surface area contributed by atoms with Crippen LogP contribution in [0.25, 0.3) is 21.5 Å². The van der Waals surface area contributed by atoms with Crippen LogP contribution in [0.4, 0.5) is 0 Å². The zero-order chi connectivity index (χ0) is 31.9. The Morgan fingerprint density at radius 2 is 1.00 bits per heavy atom. The maximum Gasteiger partial charge on any atom is 0.306 e. The lowest BCUT2D eigenvalue weighted by Gasteiger charge is -2.23. The van der Waals surface area contributed by atoms with Crippen molar-refractivity contribution in [2.75, 3.05) is 39.6 Å². The van der Waals surface area contributed by atoms with Crippen molar-refractivity contribution >= 4 is 33.5 Å². The van der Waals surface area contributed by atoms with Crippen molar-refractivity contribution in [3.63, 3.8) is 0 Å². The number of unbranched alkanes of at least 4 members (excludes halogenated alkanes) is 2. The molecule has 0 aromatic heterocycles. The Morgan fingerprint density at radius 3 is 1.36 bits per heavy atom. The summed E-state index contributed by atoms with van der Waals surface area (Å²) in [5, 5.41) is 3.50. The van der Waals surface area contributed by atoms with Gasteiger partial charge in [-0.05, 0) is 52.7 Å². The number of carbonyl (C=O) groups is 2. The van der Waals surface area contributed by atoms with Gasteiger partial charge >= 0.3 is 11.9 Å². The van der Waals surface area contributed by atoms with E-state index in [9.17, 15) is 9.59 Å². The van der Waals surface area contributed by atoms with Gasteiger partial charge in [0.25, 0.3) is 0 Å². The van der Waals surface area contributed by atoms with Crippen LogP contribution < -0.4 is 9.47 Å². The van der Waals surface area contributed by atoms with Gasteiger partial charge in [0, 0.05) is 47.6 Å². The summed E-state index contributed by atoms with van der Waals surface area (Å²) in [5.41, 5.74) is 2.13. The van der Waals surface area contributed by atoms with E-state index >= 15 is 0 Å². The monoisotopic (exact) mass is 610 g/mol. The molecule has 2 unspecified atom stereocenters. The average molecular weight is 611 g/mol. The number of esters is 2. The molecular weight excluding hydrogens is 560 g/mol. The van der Waals surface area contributed by atoms with E-state index in [-0.39, 0.29) is 38.4 Å². The van der Waals surface area contributed by atoms with Crippen molar-refractivity contribution in [2.24, 2.45) is 0 Å². The predicted octanol–water partition coefficient (Wildman–Crippen LogP) is 7.64. The molecule has 0 saturated heterocycles. The fraction of sp³-hybridized carbons (Fsp3) is 0.556. The van der Waals surface area contributed by atoms with E-state index in [1.54, 1.807) is 0 Å². The molecule has 0 fully saturated rings. The van der Waals surface area contributed by atoms with E-state index in [1.165, 1.54) is 0 Å². The number of rotatable bonds is 20. The maximum absolute atomic E-state index is 12.5. The summed E-state index contributed by atoms with van der Waals surface area (Å²) in [5.74, 6) is 0.882. The number of hydrogen-bond donors (Lipinski definition) is 0. The van der Waals surface area contributed by atoms with Gasteiger partial charge < -0.3 is 28.4 Å². The van der Waals surface area contributed by atoms with E-state index < -0.39 is 12.2 Å². The summed E-state index contributed by atoms with van der Waals surface area (Å²) in [7, 11) is 0. The molecule has 0 amide bonds. The molecule has 0 saturated carbocycles. The highest BCUT2D eigenvalue weighted by Gasteiger charge is 2.22. The van der Waals surface area contributed by atoms with Crippen molar-refractivity contribution in [3.05, 3.63) is 47.5 Å². The Bertz CT molecular complexity index is 1250. The van der Waals surface area contributed by atoms with Crippen molar-refractivity contribution in [2.45, 2.75) is 92.3 Å². The zero-order valence-electron chi connectivity index (χ0n) is 27.4. The first kappa shape index (κ1) is 35.1. The Labute approximate surface area is 262 Å². The van der Waals surface area contributed by atoms with Gasteiger partial charge in [-0.1, -0.05) is 62.1 Å². The minimum atomic E-state index is -0.544. The largest absolute Gasteiger partial charge is 0.488 e. The molecule has 8 heteroatoms. The fourth-order valence-electron chi connectivity index (χ4n) is 4.90. The highest BCUT2D eigenvalue weighted by atomic mass is 16.6. The number of aryl methyl sites for hydroxylation is 2. The molecule has 0 N–H and O–H groups in total. The standard InChI is InChI=1S/C36H50O8/c1-7-11-13-33(37)43-27(21-39-9-3)23-41-35-29-17-15-26(6)20-32(29)36(30-18-16-25(5)19-31(30)35)42-24-28(22-40-10-4)44-34(38)14-12-8-2/h15-20,27-28H,7-14,21-24H2,1-6H3. The molecule has 2 atom stereocenters. The van der Waals surface area contributed by atoms with Gasteiger partial charge in [-0.15, -0.1) is 0 Å². The lowest BCUT2D eigenvalue weighted by Crippen LogP contribution is -2.30. The predicted molar refractivity (Wildman–Crippen MR) is 174 cm³/mol. The molecular formula is C36H50O8. The second kappa shape index (κ2) is 18.4. The van der Waals surface area contributed by atoms with Crippen molar-refractivity contribution in [1.29, 1.82) is 0 Å². The summed E-state index contributed by atoms with van der Waals surface area (Å²) in [6.07, 6.45) is 3.04. The summed E-state index contributed by atoms with van der Waals surface area (Å²) < 4.78 is 35.8.